The average Bonchev–Trinajstić information content (AvgIpc) is 2.33. The lowest BCUT2D eigenvalue weighted by atomic mass is 10.1. The lowest BCUT2D eigenvalue weighted by Gasteiger charge is -2.11. The van der Waals surface area contributed by atoms with Gasteiger partial charge < -0.3 is 16.0 Å². The Kier molecular flexibility index (Phi) is 6.02. The van der Waals surface area contributed by atoms with Gasteiger partial charge in [-0.1, -0.05) is 6.07 Å². The summed E-state index contributed by atoms with van der Waals surface area (Å²) >= 11 is 0. The molecule has 1 aromatic carbocycles. The first-order chi connectivity index (χ1) is 9.02. The molecule has 104 valence electrons. The van der Waals surface area contributed by atoms with Gasteiger partial charge in [0.2, 0.25) is 11.8 Å². The number of amides is 2. The Hall–Kier alpha value is -1.88. The maximum absolute atomic E-state index is 11.7. The van der Waals surface area contributed by atoms with Crippen molar-refractivity contribution < 1.29 is 9.59 Å². The normalized spacial score (nSPS) is 10.1. The first kappa shape index (κ1) is 15.2. The molecular formula is C14H21N3O2. The summed E-state index contributed by atoms with van der Waals surface area (Å²) in [5, 5.41) is 8.56. The van der Waals surface area contributed by atoms with E-state index in [1.165, 1.54) is 6.92 Å². The Morgan fingerprint density at radius 2 is 1.95 bits per heavy atom. The summed E-state index contributed by atoms with van der Waals surface area (Å²) in [7, 11) is 1.86. The quantitative estimate of drug-likeness (QED) is 0.686. The number of benzene rings is 1. The van der Waals surface area contributed by atoms with Crippen molar-refractivity contribution in [2.75, 3.05) is 24.2 Å². The van der Waals surface area contributed by atoms with Crippen molar-refractivity contribution in [3.05, 3.63) is 23.8 Å². The minimum Gasteiger partial charge on any atom is -0.326 e. The molecule has 1 aromatic rings. The van der Waals surface area contributed by atoms with E-state index in [1.807, 2.05) is 26.1 Å². The van der Waals surface area contributed by atoms with E-state index in [0.717, 1.165) is 24.2 Å². The number of carbonyl (C=O) groups is 2. The largest absolute Gasteiger partial charge is 0.326 e. The fraction of sp³-hybridized carbons (Fsp3) is 0.429. The average molecular weight is 263 g/mol. The van der Waals surface area contributed by atoms with Gasteiger partial charge in [0.15, 0.2) is 0 Å². The highest BCUT2D eigenvalue weighted by Crippen LogP contribution is 2.20. The predicted octanol–water partition coefficient (Wildman–Crippen LogP) is 1.89. The van der Waals surface area contributed by atoms with Gasteiger partial charge in [0, 0.05) is 24.7 Å². The van der Waals surface area contributed by atoms with Crippen molar-refractivity contribution in [3.8, 4) is 0 Å². The van der Waals surface area contributed by atoms with Gasteiger partial charge in [-0.3, -0.25) is 9.59 Å². The van der Waals surface area contributed by atoms with Crippen molar-refractivity contribution >= 4 is 23.2 Å². The SMILES string of the molecule is CNCCCC(=O)Nc1cc(NC(C)=O)ccc1C. The predicted molar refractivity (Wildman–Crippen MR) is 77.3 cm³/mol. The number of aryl methyl sites for hydroxylation is 1. The monoisotopic (exact) mass is 263 g/mol. The van der Waals surface area contributed by atoms with E-state index in [0.29, 0.717) is 12.1 Å². The minimum absolute atomic E-state index is 0.0154. The molecule has 0 aliphatic carbocycles. The molecular weight excluding hydrogens is 242 g/mol. The van der Waals surface area contributed by atoms with Crippen LogP contribution in [0.25, 0.3) is 0 Å². The van der Waals surface area contributed by atoms with Gasteiger partial charge in [0.25, 0.3) is 0 Å². The van der Waals surface area contributed by atoms with Crippen LogP contribution < -0.4 is 16.0 Å². The molecule has 0 unspecified atom stereocenters. The summed E-state index contributed by atoms with van der Waals surface area (Å²) in [4.78, 5) is 22.7. The topological polar surface area (TPSA) is 70.2 Å². The summed E-state index contributed by atoms with van der Waals surface area (Å²) in [6, 6.07) is 5.45. The van der Waals surface area contributed by atoms with Crippen molar-refractivity contribution in [1.29, 1.82) is 0 Å². The Balaban J connectivity index is 2.65. The van der Waals surface area contributed by atoms with Gasteiger partial charge in [-0.25, -0.2) is 0 Å². The van der Waals surface area contributed by atoms with Gasteiger partial charge >= 0.3 is 0 Å². The molecule has 2 amide bonds. The molecule has 0 atom stereocenters. The highest BCUT2D eigenvalue weighted by atomic mass is 16.2. The van der Waals surface area contributed by atoms with E-state index in [2.05, 4.69) is 16.0 Å². The molecule has 1 rings (SSSR count). The lowest BCUT2D eigenvalue weighted by molar-refractivity contribution is -0.116. The van der Waals surface area contributed by atoms with Crippen LogP contribution in [0, 0.1) is 6.92 Å². The van der Waals surface area contributed by atoms with Crippen LogP contribution in [0.2, 0.25) is 0 Å². The van der Waals surface area contributed by atoms with Crippen LogP contribution in [0.15, 0.2) is 18.2 Å². The molecule has 0 aromatic heterocycles. The maximum Gasteiger partial charge on any atom is 0.224 e. The summed E-state index contributed by atoms with van der Waals surface area (Å²) in [5.41, 5.74) is 2.39. The Morgan fingerprint density at radius 3 is 2.58 bits per heavy atom. The van der Waals surface area contributed by atoms with E-state index in [1.54, 1.807) is 6.07 Å². The number of hydrogen-bond acceptors (Lipinski definition) is 3. The molecule has 19 heavy (non-hydrogen) atoms. The van der Waals surface area contributed by atoms with Gasteiger partial charge in [0.1, 0.15) is 0 Å². The Labute approximate surface area is 113 Å². The first-order valence-electron chi connectivity index (χ1n) is 6.35. The van der Waals surface area contributed by atoms with Crippen LogP contribution in [0.4, 0.5) is 11.4 Å². The zero-order chi connectivity index (χ0) is 14.3. The minimum atomic E-state index is -0.129. The first-order valence-corrected chi connectivity index (χ1v) is 6.35. The molecule has 0 bridgehead atoms. The third-order valence-corrected chi connectivity index (χ3v) is 2.66. The van der Waals surface area contributed by atoms with Gasteiger partial charge in [0.05, 0.1) is 0 Å². The van der Waals surface area contributed by atoms with E-state index in [4.69, 9.17) is 0 Å². The number of carbonyl (C=O) groups excluding carboxylic acids is 2. The summed E-state index contributed by atoms with van der Waals surface area (Å²) in [5.74, 6) is -0.145. The molecule has 0 aliphatic heterocycles. The van der Waals surface area contributed by atoms with Crippen LogP contribution in [-0.4, -0.2) is 25.4 Å². The molecule has 0 saturated heterocycles. The number of anilines is 2. The van der Waals surface area contributed by atoms with Crippen LogP contribution in [0.1, 0.15) is 25.3 Å². The second-order valence-corrected chi connectivity index (χ2v) is 4.47. The Morgan fingerprint density at radius 1 is 1.21 bits per heavy atom. The van der Waals surface area contributed by atoms with E-state index < -0.39 is 0 Å². The van der Waals surface area contributed by atoms with Crippen LogP contribution >= 0.6 is 0 Å². The summed E-state index contributed by atoms with van der Waals surface area (Å²) < 4.78 is 0. The van der Waals surface area contributed by atoms with Crippen LogP contribution in [0.3, 0.4) is 0 Å². The van der Waals surface area contributed by atoms with Crippen molar-refractivity contribution in [3.63, 3.8) is 0 Å². The van der Waals surface area contributed by atoms with E-state index in [-0.39, 0.29) is 11.8 Å². The third-order valence-electron chi connectivity index (χ3n) is 2.66. The molecule has 0 heterocycles. The molecule has 0 aliphatic rings. The highest BCUT2D eigenvalue weighted by molar-refractivity contribution is 5.94. The highest BCUT2D eigenvalue weighted by Gasteiger charge is 2.06. The zero-order valence-corrected chi connectivity index (χ0v) is 11.7. The Bertz CT molecular complexity index is 458. The molecule has 0 fully saturated rings. The number of hydrogen-bond donors (Lipinski definition) is 3. The number of rotatable bonds is 6. The van der Waals surface area contributed by atoms with E-state index >= 15 is 0 Å². The number of nitrogens with one attached hydrogen (secondary N) is 3. The molecule has 3 N–H and O–H groups in total. The van der Waals surface area contributed by atoms with Crippen molar-refractivity contribution in [2.24, 2.45) is 0 Å². The van der Waals surface area contributed by atoms with Gasteiger partial charge in [-0.05, 0) is 44.6 Å². The summed E-state index contributed by atoms with van der Waals surface area (Å²) in [6.07, 6.45) is 1.28. The zero-order valence-electron chi connectivity index (χ0n) is 11.7. The van der Waals surface area contributed by atoms with Crippen molar-refractivity contribution in [1.82, 2.24) is 5.32 Å². The second-order valence-electron chi connectivity index (χ2n) is 4.47. The van der Waals surface area contributed by atoms with Gasteiger partial charge in [-0.2, -0.15) is 0 Å². The van der Waals surface area contributed by atoms with E-state index in [9.17, 15) is 9.59 Å². The van der Waals surface area contributed by atoms with Crippen molar-refractivity contribution in [2.45, 2.75) is 26.7 Å². The van der Waals surface area contributed by atoms with Gasteiger partial charge in [-0.15, -0.1) is 0 Å². The second kappa shape index (κ2) is 7.53. The van der Waals surface area contributed by atoms with Crippen LogP contribution in [0.5, 0.6) is 0 Å². The molecule has 0 radical (unpaired) electrons. The molecule has 0 saturated carbocycles. The fourth-order valence-electron chi connectivity index (χ4n) is 1.68. The smallest absolute Gasteiger partial charge is 0.224 e. The summed E-state index contributed by atoms with van der Waals surface area (Å²) in [6.45, 7) is 4.19. The lowest BCUT2D eigenvalue weighted by Crippen LogP contribution is -2.16. The van der Waals surface area contributed by atoms with Crippen LogP contribution in [-0.2, 0) is 9.59 Å². The standard InChI is InChI=1S/C14H21N3O2/c1-10-6-7-12(16-11(2)18)9-13(10)17-14(19)5-4-8-15-3/h6-7,9,15H,4-5,8H2,1-3H3,(H,16,18)(H,17,19). The fourth-order valence-corrected chi connectivity index (χ4v) is 1.68. The third kappa shape index (κ3) is 5.52. The molecule has 5 nitrogen and oxygen atoms in total. The maximum atomic E-state index is 11.7. The molecule has 0 spiro atoms. The molecule has 5 heteroatoms.